The van der Waals surface area contributed by atoms with E-state index in [4.69, 9.17) is 28.9 Å². The molecule has 58 heavy (non-hydrogen) atoms. The fourth-order valence-corrected chi connectivity index (χ4v) is 10.1. The molecule has 0 unspecified atom stereocenters. The van der Waals surface area contributed by atoms with Gasteiger partial charge in [-0.2, -0.15) is 0 Å². The summed E-state index contributed by atoms with van der Waals surface area (Å²) in [5, 5.41) is 5.71. The van der Waals surface area contributed by atoms with Crippen molar-refractivity contribution >= 4 is 50.0 Å². The number of aryl methyl sites for hydroxylation is 1. The van der Waals surface area contributed by atoms with Crippen molar-refractivity contribution in [3.63, 3.8) is 0 Å². The molecule has 3 fully saturated rings. The van der Waals surface area contributed by atoms with Gasteiger partial charge in [-0.25, -0.2) is 18.4 Å². The van der Waals surface area contributed by atoms with Gasteiger partial charge in [0.15, 0.2) is 6.29 Å². The van der Waals surface area contributed by atoms with Gasteiger partial charge in [0.2, 0.25) is 21.8 Å². The molecular formula is C42H57N5O9S2. The highest BCUT2D eigenvalue weighted by molar-refractivity contribution is 7.91. The van der Waals surface area contributed by atoms with Gasteiger partial charge in [0.1, 0.15) is 46.5 Å². The van der Waals surface area contributed by atoms with Crippen molar-refractivity contribution in [2.75, 3.05) is 20.8 Å². The van der Waals surface area contributed by atoms with E-state index in [2.05, 4.69) is 30.5 Å². The van der Waals surface area contributed by atoms with E-state index < -0.39 is 63.0 Å². The number of nitrogens with one attached hydrogen (secondary N) is 2. The van der Waals surface area contributed by atoms with Gasteiger partial charge in [0.05, 0.1) is 22.5 Å². The number of nitrogens with zero attached hydrogens (tertiary/aromatic N) is 3. The van der Waals surface area contributed by atoms with E-state index in [1.807, 2.05) is 58.2 Å². The van der Waals surface area contributed by atoms with Gasteiger partial charge in [-0.05, 0) is 63.5 Å². The van der Waals surface area contributed by atoms with Gasteiger partial charge >= 0.3 is 0 Å². The lowest BCUT2D eigenvalue weighted by Crippen LogP contribution is -2.57. The van der Waals surface area contributed by atoms with Crippen molar-refractivity contribution in [2.24, 2.45) is 17.8 Å². The van der Waals surface area contributed by atoms with Crippen LogP contribution in [0.15, 0.2) is 36.2 Å². The lowest BCUT2D eigenvalue weighted by molar-refractivity contribution is -0.145. The van der Waals surface area contributed by atoms with Crippen molar-refractivity contribution < 1.29 is 41.7 Å². The summed E-state index contributed by atoms with van der Waals surface area (Å²) in [4.78, 5) is 54.1. The van der Waals surface area contributed by atoms with Gasteiger partial charge in [-0.3, -0.25) is 19.1 Å². The first-order valence-corrected chi connectivity index (χ1v) is 22.5. The van der Waals surface area contributed by atoms with Gasteiger partial charge in [-0.15, -0.1) is 17.9 Å². The second kappa shape index (κ2) is 17.2. The Morgan fingerprint density at radius 1 is 1.10 bits per heavy atom. The number of methoxy groups -OCH3 is 2. The molecule has 1 aromatic carbocycles. The minimum atomic E-state index is -3.87. The Hall–Kier alpha value is -4.12. The van der Waals surface area contributed by atoms with Crippen molar-refractivity contribution in [1.82, 2.24) is 24.9 Å². The Kier molecular flexibility index (Phi) is 12.9. The van der Waals surface area contributed by atoms with E-state index in [9.17, 15) is 22.8 Å². The topological polar surface area (TPSA) is 175 Å². The Balaban J connectivity index is 1.37. The van der Waals surface area contributed by atoms with E-state index in [-0.39, 0.29) is 43.1 Å². The molecule has 6 atom stereocenters. The smallest absolute Gasteiger partial charge is 0.259 e. The summed E-state index contributed by atoms with van der Waals surface area (Å²) < 4.78 is 51.5. The third-order valence-corrected chi connectivity index (χ3v) is 14.5. The minimum Gasteiger partial charge on any atom is -0.488 e. The van der Waals surface area contributed by atoms with Crippen LogP contribution in [-0.4, -0.2) is 97.1 Å². The van der Waals surface area contributed by atoms with Crippen LogP contribution in [0.1, 0.15) is 90.8 Å². The number of pyridine rings is 1. The number of carbonyl (C=O) groups excluding carboxylic acids is 3. The van der Waals surface area contributed by atoms with Crippen LogP contribution in [0.3, 0.4) is 0 Å². The third kappa shape index (κ3) is 8.61. The van der Waals surface area contributed by atoms with Crippen LogP contribution in [-0.2, 0) is 33.9 Å². The number of thiazole rings is 1. The van der Waals surface area contributed by atoms with E-state index in [0.29, 0.717) is 52.4 Å². The molecule has 2 aliphatic carbocycles. The first-order valence-electron chi connectivity index (χ1n) is 20.1. The van der Waals surface area contributed by atoms with Gasteiger partial charge in [0.25, 0.3) is 5.91 Å². The van der Waals surface area contributed by atoms with Gasteiger partial charge in [0, 0.05) is 54.9 Å². The highest BCUT2D eigenvalue weighted by atomic mass is 32.2. The van der Waals surface area contributed by atoms with Gasteiger partial charge < -0.3 is 29.2 Å². The van der Waals surface area contributed by atoms with E-state index in [1.54, 1.807) is 25.2 Å². The number of hydrogen-bond acceptors (Lipinski definition) is 12. The van der Waals surface area contributed by atoms with Crippen LogP contribution in [0.4, 0.5) is 0 Å². The Labute approximate surface area is 345 Å². The summed E-state index contributed by atoms with van der Waals surface area (Å²) in [6, 6.07) is 4.00. The lowest BCUT2D eigenvalue weighted by atomic mass is 9.91. The fourth-order valence-electron chi connectivity index (χ4n) is 7.83. The summed E-state index contributed by atoms with van der Waals surface area (Å²) in [6.07, 6.45) is 2.16. The molecule has 3 heterocycles. The molecule has 316 valence electrons. The number of ether oxygens (including phenoxy) is 4. The number of fused-ring (bicyclic) bond motifs is 1. The quantitative estimate of drug-likeness (QED) is 0.116. The molecular weight excluding hydrogens is 783 g/mol. The van der Waals surface area contributed by atoms with Crippen LogP contribution >= 0.6 is 11.3 Å². The second-order valence-electron chi connectivity index (χ2n) is 16.4. The van der Waals surface area contributed by atoms with Crippen molar-refractivity contribution in [1.29, 1.82) is 0 Å². The fraction of sp³-hybridized carbons (Fsp3) is 0.595. The normalized spacial score (nSPS) is 23.7. The lowest BCUT2D eigenvalue weighted by Gasteiger charge is -2.33. The number of amides is 3. The standard InChI is InChI=1S/C42H57N5O9S2/c1-11-26-19-42(26,41(50)46-58(51,52)27-13-14-27)45-38(48)32-18-34(25(8)47(32)40(49)28(12-2)22(3)4)56-35-17-30(39-44-31(21-57-39)23(5)6)43-37-24(7)33(16-15-29(35)37)55-20-36(53-9)54-10/h11,15-17,21-23,25-28,32,34,36H,1,12-14,18-20H2,2-10H3,(H,45,48)(H,46,50)/t25-,26-,28-,32+,34-,42-/m1/s1. The molecule has 3 aromatic rings. The summed E-state index contributed by atoms with van der Waals surface area (Å²) in [5.74, 6) is -1.08. The summed E-state index contributed by atoms with van der Waals surface area (Å²) >= 11 is 1.49. The molecule has 0 spiro atoms. The molecule has 0 radical (unpaired) electrons. The molecule has 2 aromatic heterocycles. The predicted molar refractivity (Wildman–Crippen MR) is 222 cm³/mol. The molecule has 1 aliphatic heterocycles. The maximum absolute atomic E-state index is 14.5. The predicted octanol–water partition coefficient (Wildman–Crippen LogP) is 5.88. The number of hydrogen-bond donors (Lipinski definition) is 2. The van der Waals surface area contributed by atoms with Crippen molar-refractivity contribution in [2.45, 2.75) is 122 Å². The SMILES string of the molecule is C=C[C@@H]1C[C@]1(NC(=O)[C@@H]1C[C@@H](Oc2cc(-c3nc(C(C)C)cs3)nc3c(C)c(OCC(OC)OC)ccc23)[C@@H](C)N1C(=O)[C@H](CC)C(C)C)C(=O)NS(=O)(=O)C1CC1. The first-order chi connectivity index (χ1) is 27.5. The molecule has 3 amide bonds. The number of rotatable bonds is 18. The number of benzene rings is 1. The molecule has 1 saturated heterocycles. The van der Waals surface area contributed by atoms with Crippen LogP contribution in [0.25, 0.3) is 21.6 Å². The number of carbonyl (C=O) groups is 3. The zero-order chi connectivity index (χ0) is 42.3. The third-order valence-electron chi connectivity index (χ3n) is 11.8. The second-order valence-corrected chi connectivity index (χ2v) is 19.2. The van der Waals surface area contributed by atoms with Gasteiger partial charge in [-0.1, -0.05) is 40.7 Å². The molecule has 0 bridgehead atoms. The molecule has 2 saturated carbocycles. The summed E-state index contributed by atoms with van der Waals surface area (Å²) in [6.45, 7) is 17.8. The molecule has 14 nitrogen and oxygen atoms in total. The Bertz CT molecular complexity index is 2150. The average Bonchev–Trinajstić information content (AvgIpc) is 4.08. The van der Waals surface area contributed by atoms with Crippen LogP contribution in [0, 0.1) is 24.7 Å². The van der Waals surface area contributed by atoms with Crippen molar-refractivity contribution in [3.05, 3.63) is 47.5 Å². The monoisotopic (exact) mass is 839 g/mol. The number of likely N-dealkylation sites (tertiary alicyclic amines) is 1. The zero-order valence-electron chi connectivity index (χ0n) is 34.9. The largest absolute Gasteiger partial charge is 0.488 e. The summed E-state index contributed by atoms with van der Waals surface area (Å²) in [7, 11) is -0.789. The molecule has 16 heteroatoms. The zero-order valence-corrected chi connectivity index (χ0v) is 36.5. The van der Waals surface area contributed by atoms with Crippen LogP contribution in [0.2, 0.25) is 0 Å². The van der Waals surface area contributed by atoms with Crippen LogP contribution < -0.4 is 19.5 Å². The highest BCUT2D eigenvalue weighted by Gasteiger charge is 2.62. The maximum atomic E-state index is 14.5. The molecule has 6 rings (SSSR count). The Morgan fingerprint density at radius 3 is 2.38 bits per heavy atom. The number of aromatic nitrogens is 2. The Morgan fingerprint density at radius 2 is 1.81 bits per heavy atom. The minimum absolute atomic E-state index is 0.00474. The summed E-state index contributed by atoms with van der Waals surface area (Å²) in [5.41, 5.74) is 1.44. The first kappa shape index (κ1) is 43.5. The molecule has 3 aliphatic rings. The average molecular weight is 840 g/mol. The van der Waals surface area contributed by atoms with E-state index >= 15 is 0 Å². The molecule has 2 N–H and O–H groups in total. The van der Waals surface area contributed by atoms with E-state index in [0.717, 1.165) is 11.3 Å². The highest BCUT2D eigenvalue weighted by Crippen LogP contribution is 2.46. The van der Waals surface area contributed by atoms with E-state index in [1.165, 1.54) is 11.3 Å². The van der Waals surface area contributed by atoms with Crippen molar-refractivity contribution in [3.8, 4) is 22.2 Å². The van der Waals surface area contributed by atoms with Crippen LogP contribution in [0.5, 0.6) is 11.5 Å². The number of sulfonamides is 1. The maximum Gasteiger partial charge on any atom is 0.259 e.